The van der Waals surface area contributed by atoms with Crippen molar-refractivity contribution >= 4 is 24.0 Å². The van der Waals surface area contributed by atoms with Gasteiger partial charge in [-0.1, -0.05) is 33.1 Å². The van der Waals surface area contributed by atoms with Gasteiger partial charge in [0.1, 0.15) is 11.7 Å². The summed E-state index contributed by atoms with van der Waals surface area (Å²) in [6.45, 7) is 3.97. The van der Waals surface area contributed by atoms with E-state index in [0.717, 1.165) is 37.9 Å². The number of unbranched alkanes of at least 4 members (excludes halogenated alkanes) is 2. The molecule has 0 aromatic rings. The maximum Gasteiger partial charge on any atom is 0.239 e. The number of hydroxylamine groups is 2. The molecule has 0 bridgehead atoms. The zero-order valence-corrected chi connectivity index (χ0v) is 16.1. The standard InChI is InChI=1S/C17H31N7O3/c1-3-5-6-7-13(10-23(27)11-25)16(26)21-22-17-20-15(12-8-9-12)19-14(4-2)24(17)18/h11-13,17,22,27H,3-10,18H2,1-2H3,(H,21,26)/t13-,17?/m1/s1. The van der Waals surface area contributed by atoms with Crippen LogP contribution in [0.25, 0.3) is 0 Å². The van der Waals surface area contributed by atoms with Crippen LogP contribution in [0.3, 0.4) is 0 Å². The van der Waals surface area contributed by atoms with Crippen LogP contribution < -0.4 is 16.7 Å². The quantitative estimate of drug-likeness (QED) is 0.129. The molecule has 1 heterocycles. The number of carbonyl (C=O) groups excluding carboxylic acids is 2. The van der Waals surface area contributed by atoms with E-state index in [1.807, 2.05) is 6.92 Å². The molecule has 152 valence electrons. The fourth-order valence-corrected chi connectivity index (χ4v) is 2.90. The van der Waals surface area contributed by atoms with E-state index in [1.165, 1.54) is 5.01 Å². The van der Waals surface area contributed by atoms with Crippen LogP contribution in [-0.2, 0) is 9.59 Å². The molecule has 10 nitrogen and oxygen atoms in total. The number of aliphatic imine (C=N–C) groups is 2. The van der Waals surface area contributed by atoms with Gasteiger partial charge >= 0.3 is 0 Å². The van der Waals surface area contributed by atoms with Gasteiger partial charge in [0.2, 0.25) is 18.6 Å². The minimum atomic E-state index is -0.635. The Morgan fingerprint density at radius 3 is 2.78 bits per heavy atom. The van der Waals surface area contributed by atoms with Gasteiger partial charge in [0.05, 0.1) is 12.5 Å². The molecule has 0 radical (unpaired) electrons. The Morgan fingerprint density at radius 1 is 1.44 bits per heavy atom. The number of nitrogens with two attached hydrogens (primary N) is 1. The van der Waals surface area contributed by atoms with Crippen LogP contribution in [0.15, 0.2) is 9.98 Å². The van der Waals surface area contributed by atoms with Gasteiger partial charge in [-0.05, 0) is 19.3 Å². The zero-order chi connectivity index (χ0) is 19.8. The SMILES string of the molecule is CCCCC[C@H](CN(O)C=O)C(=O)NNC1N=C(C2CC2)N=C(CC)N1N. The molecule has 0 spiro atoms. The van der Waals surface area contributed by atoms with Crippen molar-refractivity contribution in [3.63, 3.8) is 0 Å². The lowest BCUT2D eigenvalue weighted by atomic mass is 10.0. The van der Waals surface area contributed by atoms with Gasteiger partial charge in [-0.15, -0.1) is 0 Å². The Bertz CT molecular complexity index is 577. The van der Waals surface area contributed by atoms with Crippen LogP contribution in [0.4, 0.5) is 0 Å². The second-order valence-corrected chi connectivity index (χ2v) is 6.98. The number of hydrazine groups is 2. The molecule has 27 heavy (non-hydrogen) atoms. The highest BCUT2D eigenvalue weighted by Crippen LogP contribution is 2.32. The first kappa shape index (κ1) is 21.3. The van der Waals surface area contributed by atoms with Crippen molar-refractivity contribution in [2.24, 2.45) is 27.7 Å². The Balaban J connectivity index is 1.95. The highest BCUT2D eigenvalue weighted by Gasteiger charge is 2.33. The van der Waals surface area contributed by atoms with E-state index in [4.69, 9.17) is 5.84 Å². The maximum absolute atomic E-state index is 12.6. The van der Waals surface area contributed by atoms with Crippen LogP contribution in [0.2, 0.25) is 0 Å². The monoisotopic (exact) mass is 381 g/mol. The summed E-state index contributed by atoms with van der Waals surface area (Å²) in [4.78, 5) is 32.2. The number of nitrogens with one attached hydrogen (secondary N) is 2. The summed E-state index contributed by atoms with van der Waals surface area (Å²) < 4.78 is 0. The zero-order valence-electron chi connectivity index (χ0n) is 16.1. The van der Waals surface area contributed by atoms with Crippen molar-refractivity contribution < 1.29 is 14.8 Å². The minimum Gasteiger partial charge on any atom is -0.288 e. The number of carbonyl (C=O) groups is 2. The third-order valence-corrected chi connectivity index (χ3v) is 4.70. The van der Waals surface area contributed by atoms with E-state index < -0.39 is 12.2 Å². The van der Waals surface area contributed by atoms with Gasteiger partial charge in [0.25, 0.3) is 0 Å². The van der Waals surface area contributed by atoms with Crippen LogP contribution >= 0.6 is 0 Å². The van der Waals surface area contributed by atoms with Crippen molar-refractivity contribution in [1.82, 2.24) is 20.9 Å². The average molecular weight is 381 g/mol. The molecule has 0 aromatic carbocycles. The van der Waals surface area contributed by atoms with E-state index in [0.29, 0.717) is 36.1 Å². The molecular weight excluding hydrogens is 350 g/mol. The molecule has 1 aliphatic heterocycles. The minimum absolute atomic E-state index is 0.0595. The van der Waals surface area contributed by atoms with E-state index in [9.17, 15) is 14.8 Å². The summed E-state index contributed by atoms with van der Waals surface area (Å²) in [5.74, 6) is 7.07. The van der Waals surface area contributed by atoms with E-state index in [2.05, 4.69) is 27.8 Å². The summed E-state index contributed by atoms with van der Waals surface area (Å²) >= 11 is 0. The number of hydrogen-bond acceptors (Lipinski definition) is 8. The first-order valence-electron chi connectivity index (χ1n) is 9.65. The summed E-state index contributed by atoms with van der Waals surface area (Å²) in [6, 6.07) is 0. The lowest BCUT2D eigenvalue weighted by Crippen LogP contribution is -2.59. The van der Waals surface area contributed by atoms with Crippen molar-refractivity contribution in [1.29, 1.82) is 0 Å². The molecule has 1 unspecified atom stereocenters. The molecule has 5 N–H and O–H groups in total. The normalized spacial score (nSPS) is 20.6. The predicted octanol–water partition coefficient (Wildman–Crippen LogP) is 0.741. The predicted molar refractivity (Wildman–Crippen MR) is 101 cm³/mol. The Morgan fingerprint density at radius 2 is 2.19 bits per heavy atom. The summed E-state index contributed by atoms with van der Waals surface area (Å²) in [6.07, 6.45) is 5.87. The Labute approximate surface area is 159 Å². The third-order valence-electron chi connectivity index (χ3n) is 4.70. The lowest BCUT2D eigenvalue weighted by Gasteiger charge is -2.31. The van der Waals surface area contributed by atoms with Gasteiger partial charge in [-0.2, -0.15) is 5.43 Å². The van der Waals surface area contributed by atoms with Crippen molar-refractivity contribution in [3.8, 4) is 0 Å². The maximum atomic E-state index is 12.6. The first-order chi connectivity index (χ1) is 13.0. The topological polar surface area (TPSA) is 136 Å². The molecule has 0 aromatic heterocycles. The summed E-state index contributed by atoms with van der Waals surface area (Å²) in [5, 5.41) is 11.4. The van der Waals surface area contributed by atoms with Gasteiger partial charge in [-0.25, -0.2) is 20.9 Å². The molecule has 0 saturated heterocycles. The van der Waals surface area contributed by atoms with Gasteiger partial charge in [0.15, 0.2) is 0 Å². The Kier molecular flexibility index (Phi) is 8.14. The molecule has 1 saturated carbocycles. The van der Waals surface area contributed by atoms with Crippen molar-refractivity contribution in [3.05, 3.63) is 0 Å². The molecular formula is C17H31N7O3. The van der Waals surface area contributed by atoms with Crippen molar-refractivity contribution in [2.45, 2.75) is 65.1 Å². The number of amidine groups is 2. The van der Waals surface area contributed by atoms with Crippen LogP contribution in [0.5, 0.6) is 0 Å². The highest BCUT2D eigenvalue weighted by molar-refractivity contribution is 6.00. The molecule has 2 amide bonds. The van der Waals surface area contributed by atoms with E-state index in [-0.39, 0.29) is 12.5 Å². The fourth-order valence-electron chi connectivity index (χ4n) is 2.90. The van der Waals surface area contributed by atoms with Gasteiger partial charge < -0.3 is 0 Å². The number of nitrogens with zero attached hydrogens (tertiary/aromatic N) is 4. The van der Waals surface area contributed by atoms with Crippen LogP contribution in [0, 0.1) is 11.8 Å². The van der Waals surface area contributed by atoms with E-state index >= 15 is 0 Å². The average Bonchev–Trinajstić information content (AvgIpc) is 3.51. The summed E-state index contributed by atoms with van der Waals surface area (Å²) in [7, 11) is 0. The second kappa shape index (κ2) is 10.3. The summed E-state index contributed by atoms with van der Waals surface area (Å²) in [5.41, 5.74) is 5.49. The smallest absolute Gasteiger partial charge is 0.239 e. The van der Waals surface area contributed by atoms with Gasteiger partial charge in [-0.3, -0.25) is 25.2 Å². The van der Waals surface area contributed by atoms with E-state index in [1.54, 1.807) is 0 Å². The number of amides is 2. The van der Waals surface area contributed by atoms with Crippen molar-refractivity contribution in [2.75, 3.05) is 6.54 Å². The second-order valence-electron chi connectivity index (χ2n) is 6.98. The Hall–Kier alpha value is -2.04. The molecule has 10 heteroatoms. The molecule has 2 aliphatic rings. The highest BCUT2D eigenvalue weighted by atomic mass is 16.5. The lowest BCUT2D eigenvalue weighted by molar-refractivity contribution is -0.155. The third kappa shape index (κ3) is 6.26. The molecule has 2 atom stereocenters. The van der Waals surface area contributed by atoms with Crippen LogP contribution in [0.1, 0.15) is 58.8 Å². The number of hydrogen-bond donors (Lipinski definition) is 4. The first-order valence-corrected chi connectivity index (χ1v) is 9.65. The molecule has 1 aliphatic carbocycles. The molecule has 1 fully saturated rings. The largest absolute Gasteiger partial charge is 0.288 e. The number of rotatable bonds is 12. The fraction of sp³-hybridized carbons (Fsp3) is 0.765. The van der Waals surface area contributed by atoms with Gasteiger partial charge in [0, 0.05) is 12.3 Å². The van der Waals surface area contributed by atoms with Crippen LogP contribution in [-0.4, -0.2) is 52.1 Å². The molecule has 2 rings (SSSR count).